The van der Waals surface area contributed by atoms with Crippen LogP contribution in [-0.4, -0.2) is 58.3 Å². The van der Waals surface area contributed by atoms with Crippen molar-refractivity contribution in [3.05, 3.63) is 17.0 Å². The highest BCUT2D eigenvalue weighted by atomic mass is 35.5. The smallest absolute Gasteiger partial charge is 0.255 e. The van der Waals surface area contributed by atoms with Crippen molar-refractivity contribution in [2.45, 2.75) is 13.0 Å². The molecule has 1 unspecified atom stereocenters. The van der Waals surface area contributed by atoms with Gasteiger partial charge >= 0.3 is 0 Å². The number of aromatic nitrogens is 4. The minimum atomic E-state index is -0.437. The molecule has 3 heterocycles. The van der Waals surface area contributed by atoms with Crippen LogP contribution in [0.4, 0.5) is 5.82 Å². The molecule has 1 amide bonds. The molecule has 1 fully saturated rings. The summed E-state index contributed by atoms with van der Waals surface area (Å²) < 4.78 is 7.02. The zero-order chi connectivity index (χ0) is 15.0. The van der Waals surface area contributed by atoms with Crippen molar-refractivity contribution >= 4 is 29.1 Å². The summed E-state index contributed by atoms with van der Waals surface area (Å²) in [7, 11) is 1.60. The van der Waals surface area contributed by atoms with Crippen LogP contribution in [0.25, 0.3) is 5.78 Å². The summed E-state index contributed by atoms with van der Waals surface area (Å²) in [6, 6.07) is -0.437. The van der Waals surface area contributed by atoms with Gasteiger partial charge in [-0.3, -0.25) is 4.79 Å². The van der Waals surface area contributed by atoms with Crippen LogP contribution in [0.15, 0.2) is 6.33 Å². The van der Waals surface area contributed by atoms with Crippen LogP contribution >= 0.6 is 11.6 Å². The van der Waals surface area contributed by atoms with E-state index in [4.69, 9.17) is 16.3 Å². The first kappa shape index (κ1) is 14.0. The number of rotatable bonds is 2. The Kier molecular flexibility index (Phi) is 3.64. The van der Waals surface area contributed by atoms with Crippen LogP contribution in [-0.2, 0) is 9.53 Å². The van der Waals surface area contributed by atoms with Gasteiger partial charge in [0.15, 0.2) is 0 Å². The van der Waals surface area contributed by atoms with Crippen molar-refractivity contribution in [2.24, 2.45) is 0 Å². The number of hydrogen-bond acceptors (Lipinski definition) is 6. The van der Waals surface area contributed by atoms with E-state index < -0.39 is 6.04 Å². The van der Waals surface area contributed by atoms with Crippen LogP contribution in [0.2, 0.25) is 5.15 Å². The van der Waals surface area contributed by atoms with E-state index in [1.807, 2.05) is 11.8 Å². The van der Waals surface area contributed by atoms with E-state index in [2.05, 4.69) is 20.4 Å². The highest BCUT2D eigenvalue weighted by Gasteiger charge is 2.32. The summed E-state index contributed by atoms with van der Waals surface area (Å²) in [5.74, 6) is 1.01. The van der Waals surface area contributed by atoms with Gasteiger partial charge in [0.1, 0.15) is 23.3 Å². The first-order chi connectivity index (χ1) is 10.1. The van der Waals surface area contributed by atoms with Crippen LogP contribution in [0, 0.1) is 6.92 Å². The minimum Gasteiger partial charge on any atom is -0.377 e. The molecule has 0 saturated carbocycles. The Balaban J connectivity index is 2.15. The van der Waals surface area contributed by atoms with E-state index in [9.17, 15) is 4.79 Å². The largest absolute Gasteiger partial charge is 0.377 e. The standard InChI is InChI=1S/C12H15ClN6O2/c1-7-9(13)17-12-15-6-16-19(12)11(7)18-3-4-21-5-8(18)10(20)14-2/h6,8H,3-5H2,1-2H3,(H,14,20). The van der Waals surface area contributed by atoms with Gasteiger partial charge in [-0.25, -0.2) is 0 Å². The number of morpholine rings is 1. The number of nitrogens with one attached hydrogen (secondary N) is 1. The monoisotopic (exact) mass is 310 g/mol. The number of hydrogen-bond donors (Lipinski definition) is 1. The number of halogens is 1. The molecule has 0 aromatic carbocycles. The van der Waals surface area contributed by atoms with Crippen LogP contribution in [0.5, 0.6) is 0 Å². The predicted molar refractivity (Wildman–Crippen MR) is 76.5 cm³/mol. The van der Waals surface area contributed by atoms with Gasteiger partial charge in [-0.05, 0) is 6.92 Å². The van der Waals surface area contributed by atoms with Gasteiger partial charge in [0.25, 0.3) is 5.78 Å². The molecule has 0 bridgehead atoms. The Morgan fingerprint density at radius 1 is 1.57 bits per heavy atom. The third-order valence-corrected chi connectivity index (χ3v) is 3.89. The minimum absolute atomic E-state index is 0.115. The molecule has 0 radical (unpaired) electrons. The van der Waals surface area contributed by atoms with E-state index >= 15 is 0 Å². The van der Waals surface area contributed by atoms with E-state index in [1.165, 1.54) is 6.33 Å². The van der Waals surface area contributed by atoms with Crippen molar-refractivity contribution in [2.75, 3.05) is 31.7 Å². The summed E-state index contributed by atoms with van der Waals surface area (Å²) in [6.45, 7) is 3.26. The first-order valence-electron chi connectivity index (χ1n) is 6.55. The second-order valence-corrected chi connectivity index (χ2v) is 5.08. The van der Waals surface area contributed by atoms with Crippen LogP contribution in [0.1, 0.15) is 5.56 Å². The van der Waals surface area contributed by atoms with Crippen LogP contribution in [0.3, 0.4) is 0 Å². The van der Waals surface area contributed by atoms with Crippen molar-refractivity contribution in [3.63, 3.8) is 0 Å². The molecular weight excluding hydrogens is 296 g/mol. The van der Waals surface area contributed by atoms with Gasteiger partial charge in [-0.1, -0.05) is 11.6 Å². The van der Waals surface area contributed by atoms with Gasteiger partial charge in [-0.2, -0.15) is 19.6 Å². The van der Waals surface area contributed by atoms with E-state index in [0.29, 0.717) is 30.7 Å². The SMILES string of the molecule is CNC(=O)C1COCCN1c1c(C)c(Cl)nc2ncnn12. The summed E-state index contributed by atoms with van der Waals surface area (Å²) in [6.07, 6.45) is 1.41. The molecule has 8 nitrogen and oxygen atoms in total. The molecule has 1 aliphatic heterocycles. The molecule has 0 aliphatic carbocycles. The molecular formula is C12H15ClN6O2. The Morgan fingerprint density at radius 2 is 2.38 bits per heavy atom. The zero-order valence-corrected chi connectivity index (χ0v) is 12.5. The fraction of sp³-hybridized carbons (Fsp3) is 0.500. The molecule has 2 aromatic rings. The summed E-state index contributed by atoms with van der Waals surface area (Å²) in [4.78, 5) is 22.3. The molecule has 1 N–H and O–H groups in total. The van der Waals surface area contributed by atoms with Gasteiger partial charge in [-0.15, -0.1) is 0 Å². The second-order valence-electron chi connectivity index (χ2n) is 4.72. The highest BCUT2D eigenvalue weighted by Crippen LogP contribution is 2.28. The number of carbonyl (C=O) groups is 1. The quantitative estimate of drug-likeness (QED) is 0.788. The van der Waals surface area contributed by atoms with Gasteiger partial charge in [0.05, 0.1) is 13.2 Å². The normalized spacial score (nSPS) is 19.0. The van der Waals surface area contributed by atoms with Crippen molar-refractivity contribution < 1.29 is 9.53 Å². The molecule has 1 atom stereocenters. The molecule has 1 aliphatic rings. The number of likely N-dealkylation sites (N-methyl/N-ethyl adjacent to an activating group) is 1. The summed E-state index contributed by atoms with van der Waals surface area (Å²) >= 11 is 6.18. The van der Waals surface area contributed by atoms with Gasteiger partial charge in [0, 0.05) is 19.2 Å². The van der Waals surface area contributed by atoms with Gasteiger partial charge < -0.3 is 15.0 Å². The molecule has 9 heteroatoms. The third kappa shape index (κ3) is 2.30. The van der Waals surface area contributed by atoms with Crippen LogP contribution < -0.4 is 10.2 Å². The molecule has 21 heavy (non-hydrogen) atoms. The topological polar surface area (TPSA) is 84.6 Å². The molecule has 112 valence electrons. The highest BCUT2D eigenvalue weighted by molar-refractivity contribution is 6.30. The fourth-order valence-corrected chi connectivity index (χ4v) is 2.62. The lowest BCUT2D eigenvalue weighted by atomic mass is 10.2. The third-order valence-electron chi connectivity index (χ3n) is 3.52. The van der Waals surface area contributed by atoms with E-state index in [0.717, 1.165) is 11.4 Å². The lowest BCUT2D eigenvalue weighted by molar-refractivity contribution is -0.124. The average Bonchev–Trinajstić information content (AvgIpc) is 2.95. The van der Waals surface area contributed by atoms with E-state index in [1.54, 1.807) is 11.6 Å². The van der Waals surface area contributed by atoms with Crippen molar-refractivity contribution in [1.29, 1.82) is 0 Å². The number of nitrogens with zero attached hydrogens (tertiary/aromatic N) is 5. The summed E-state index contributed by atoms with van der Waals surface area (Å²) in [5.41, 5.74) is 0.755. The average molecular weight is 311 g/mol. The number of fused-ring (bicyclic) bond motifs is 1. The molecule has 2 aromatic heterocycles. The van der Waals surface area contributed by atoms with Crippen molar-refractivity contribution in [1.82, 2.24) is 24.9 Å². The number of anilines is 1. The predicted octanol–water partition coefficient (Wildman–Crippen LogP) is 0.0373. The number of ether oxygens (including phenoxy) is 1. The summed E-state index contributed by atoms with van der Waals surface area (Å²) in [5, 5.41) is 7.20. The first-order valence-corrected chi connectivity index (χ1v) is 6.93. The Morgan fingerprint density at radius 3 is 3.14 bits per heavy atom. The Labute approximate surface area is 126 Å². The maximum absolute atomic E-state index is 12.1. The fourth-order valence-electron chi connectivity index (χ4n) is 2.46. The molecule has 3 rings (SSSR count). The van der Waals surface area contributed by atoms with Gasteiger partial charge in [0.2, 0.25) is 5.91 Å². The number of amides is 1. The number of carbonyl (C=O) groups excluding carboxylic acids is 1. The van der Waals surface area contributed by atoms with Crippen molar-refractivity contribution in [3.8, 4) is 0 Å². The Bertz CT molecular complexity index is 688. The zero-order valence-electron chi connectivity index (χ0n) is 11.7. The second kappa shape index (κ2) is 5.45. The van der Waals surface area contributed by atoms with E-state index in [-0.39, 0.29) is 5.91 Å². The molecule has 1 saturated heterocycles. The molecule has 0 spiro atoms. The maximum Gasteiger partial charge on any atom is 0.255 e. The lowest BCUT2D eigenvalue weighted by Gasteiger charge is -2.36. The Hall–Kier alpha value is -1.93. The maximum atomic E-state index is 12.1. The lowest BCUT2D eigenvalue weighted by Crippen LogP contribution is -2.54.